The van der Waals surface area contributed by atoms with Crippen molar-refractivity contribution >= 4 is 17.3 Å². The van der Waals surface area contributed by atoms with E-state index in [-0.39, 0.29) is 0 Å². The minimum absolute atomic E-state index is 0.454. The van der Waals surface area contributed by atoms with Crippen LogP contribution in [0.4, 0.5) is 17.3 Å². The predicted molar refractivity (Wildman–Crippen MR) is 76.5 cm³/mol. The van der Waals surface area contributed by atoms with E-state index in [0.29, 0.717) is 30.5 Å². The highest BCUT2D eigenvalue weighted by Gasteiger charge is 2.03. The summed E-state index contributed by atoms with van der Waals surface area (Å²) >= 11 is 0. The number of ether oxygens (including phenoxy) is 1. The fourth-order valence-corrected chi connectivity index (χ4v) is 1.67. The fourth-order valence-electron chi connectivity index (χ4n) is 1.67. The maximum absolute atomic E-state index is 5.78. The highest BCUT2D eigenvalue weighted by molar-refractivity contribution is 5.58. The summed E-state index contributed by atoms with van der Waals surface area (Å²) in [7, 11) is 1.65. The van der Waals surface area contributed by atoms with E-state index in [2.05, 4.69) is 22.2 Å². The third kappa shape index (κ3) is 3.93. The van der Waals surface area contributed by atoms with Crippen molar-refractivity contribution in [3.63, 3.8) is 0 Å². The lowest BCUT2D eigenvalue weighted by atomic mass is 10.2. The van der Waals surface area contributed by atoms with Crippen LogP contribution >= 0.6 is 0 Å². The van der Waals surface area contributed by atoms with Crippen LogP contribution < -0.4 is 11.1 Å². The van der Waals surface area contributed by atoms with Crippen molar-refractivity contribution in [2.45, 2.75) is 13.3 Å². The number of nitrogen functional groups attached to an aromatic ring is 1. The average molecular weight is 258 g/mol. The average Bonchev–Trinajstić information content (AvgIpc) is 2.38. The van der Waals surface area contributed by atoms with Gasteiger partial charge in [-0.15, -0.1) is 0 Å². The number of hydrogen-bond donors (Lipinski definition) is 2. The zero-order valence-electron chi connectivity index (χ0n) is 11.2. The van der Waals surface area contributed by atoms with Crippen molar-refractivity contribution in [3.05, 3.63) is 41.7 Å². The number of anilines is 3. The molecule has 2 rings (SSSR count). The molecule has 0 atom stereocenters. The minimum atomic E-state index is 0.454. The Bertz CT molecular complexity index is 540. The van der Waals surface area contributed by atoms with Gasteiger partial charge in [-0.2, -0.15) is 0 Å². The summed E-state index contributed by atoms with van der Waals surface area (Å²) in [6.45, 7) is 2.63. The van der Waals surface area contributed by atoms with Gasteiger partial charge in [0.15, 0.2) is 0 Å². The maximum Gasteiger partial charge on any atom is 0.136 e. The second kappa shape index (κ2) is 6.15. The van der Waals surface area contributed by atoms with Gasteiger partial charge in [0.2, 0.25) is 0 Å². The Kier molecular flexibility index (Phi) is 4.30. The fraction of sp³-hybridized carbons (Fsp3) is 0.286. The van der Waals surface area contributed by atoms with Gasteiger partial charge < -0.3 is 15.8 Å². The quantitative estimate of drug-likeness (QED) is 0.861. The van der Waals surface area contributed by atoms with E-state index >= 15 is 0 Å². The van der Waals surface area contributed by atoms with Crippen LogP contribution in [0.1, 0.15) is 11.4 Å². The first-order valence-corrected chi connectivity index (χ1v) is 6.13. The lowest BCUT2D eigenvalue weighted by Crippen LogP contribution is -2.06. The predicted octanol–water partition coefficient (Wildman–Crippen LogP) is 2.30. The van der Waals surface area contributed by atoms with Gasteiger partial charge in [-0.25, -0.2) is 9.97 Å². The van der Waals surface area contributed by atoms with Crippen molar-refractivity contribution in [3.8, 4) is 0 Å². The lowest BCUT2D eigenvalue weighted by molar-refractivity contribution is 0.200. The normalized spacial score (nSPS) is 10.4. The molecule has 1 aromatic carbocycles. The number of nitrogens with zero attached hydrogens (tertiary/aromatic N) is 2. The molecule has 0 radical (unpaired) electrons. The molecule has 100 valence electrons. The monoisotopic (exact) mass is 258 g/mol. The Hall–Kier alpha value is -2.14. The SMILES string of the molecule is COCCc1nc(N)cc(Nc2ccc(C)cc2)n1. The van der Waals surface area contributed by atoms with Crippen LogP contribution in [0.3, 0.4) is 0 Å². The van der Waals surface area contributed by atoms with Crippen LogP contribution in [0, 0.1) is 6.92 Å². The molecular formula is C14H18N4O. The van der Waals surface area contributed by atoms with Gasteiger partial charge in [0.05, 0.1) is 6.61 Å². The molecule has 1 heterocycles. The van der Waals surface area contributed by atoms with Crippen molar-refractivity contribution in [2.75, 3.05) is 24.8 Å². The Morgan fingerprint density at radius 2 is 1.95 bits per heavy atom. The Morgan fingerprint density at radius 3 is 2.63 bits per heavy atom. The Morgan fingerprint density at radius 1 is 1.21 bits per heavy atom. The zero-order chi connectivity index (χ0) is 13.7. The zero-order valence-corrected chi connectivity index (χ0v) is 11.2. The number of hydrogen-bond acceptors (Lipinski definition) is 5. The van der Waals surface area contributed by atoms with Gasteiger partial charge in [-0.05, 0) is 19.1 Å². The van der Waals surface area contributed by atoms with Gasteiger partial charge in [-0.1, -0.05) is 17.7 Å². The van der Waals surface area contributed by atoms with Gasteiger partial charge in [0.25, 0.3) is 0 Å². The third-order valence-electron chi connectivity index (χ3n) is 2.65. The van der Waals surface area contributed by atoms with Gasteiger partial charge in [-0.3, -0.25) is 0 Å². The van der Waals surface area contributed by atoms with E-state index in [4.69, 9.17) is 10.5 Å². The van der Waals surface area contributed by atoms with Gasteiger partial charge in [0, 0.05) is 25.3 Å². The van der Waals surface area contributed by atoms with Crippen LogP contribution in [0.25, 0.3) is 0 Å². The molecular weight excluding hydrogens is 240 g/mol. The highest BCUT2D eigenvalue weighted by Crippen LogP contribution is 2.16. The Labute approximate surface area is 112 Å². The molecule has 0 aliphatic carbocycles. The molecule has 0 aliphatic heterocycles. The van der Waals surface area contributed by atoms with Crippen LogP contribution in [-0.4, -0.2) is 23.7 Å². The number of aryl methyl sites for hydroxylation is 1. The first kappa shape index (κ1) is 13.3. The molecule has 19 heavy (non-hydrogen) atoms. The summed E-state index contributed by atoms with van der Waals surface area (Å²) in [6, 6.07) is 9.80. The van der Waals surface area contributed by atoms with E-state index in [1.54, 1.807) is 13.2 Å². The van der Waals surface area contributed by atoms with Crippen LogP contribution in [0.15, 0.2) is 30.3 Å². The van der Waals surface area contributed by atoms with E-state index in [1.165, 1.54) is 5.56 Å². The summed E-state index contributed by atoms with van der Waals surface area (Å²) in [5, 5.41) is 3.22. The number of aromatic nitrogens is 2. The molecule has 5 heteroatoms. The van der Waals surface area contributed by atoms with Crippen LogP contribution in [0.2, 0.25) is 0 Å². The van der Waals surface area contributed by atoms with E-state index < -0.39 is 0 Å². The molecule has 0 fully saturated rings. The number of benzene rings is 1. The number of nitrogens with one attached hydrogen (secondary N) is 1. The van der Waals surface area contributed by atoms with Crippen molar-refractivity contribution in [2.24, 2.45) is 0 Å². The minimum Gasteiger partial charge on any atom is -0.384 e. The standard InChI is InChI=1S/C14H18N4O/c1-10-3-5-11(6-4-10)16-14-9-12(15)17-13(18-14)7-8-19-2/h3-6,9H,7-8H2,1-2H3,(H3,15,16,17,18). The molecule has 0 aliphatic rings. The van der Waals surface area contributed by atoms with E-state index in [9.17, 15) is 0 Å². The van der Waals surface area contributed by atoms with Gasteiger partial charge in [0.1, 0.15) is 17.5 Å². The first-order chi connectivity index (χ1) is 9.17. The molecule has 0 spiro atoms. The van der Waals surface area contributed by atoms with Crippen molar-refractivity contribution in [1.29, 1.82) is 0 Å². The molecule has 2 aromatic rings. The van der Waals surface area contributed by atoms with Crippen molar-refractivity contribution < 1.29 is 4.74 Å². The molecule has 0 unspecified atom stereocenters. The van der Waals surface area contributed by atoms with Crippen LogP contribution in [0.5, 0.6) is 0 Å². The highest BCUT2D eigenvalue weighted by atomic mass is 16.5. The van der Waals surface area contributed by atoms with Crippen molar-refractivity contribution in [1.82, 2.24) is 9.97 Å². The molecule has 0 saturated carbocycles. The number of methoxy groups -OCH3 is 1. The first-order valence-electron chi connectivity index (χ1n) is 6.13. The molecule has 3 N–H and O–H groups in total. The van der Waals surface area contributed by atoms with E-state index in [1.807, 2.05) is 24.3 Å². The second-order valence-corrected chi connectivity index (χ2v) is 4.33. The molecule has 0 saturated heterocycles. The van der Waals surface area contributed by atoms with Crippen LogP contribution in [-0.2, 0) is 11.2 Å². The van der Waals surface area contributed by atoms with Gasteiger partial charge >= 0.3 is 0 Å². The summed E-state index contributed by atoms with van der Waals surface area (Å²) in [5.41, 5.74) is 7.97. The second-order valence-electron chi connectivity index (χ2n) is 4.33. The summed E-state index contributed by atoms with van der Waals surface area (Å²) < 4.78 is 5.02. The molecule has 0 bridgehead atoms. The molecule has 5 nitrogen and oxygen atoms in total. The third-order valence-corrected chi connectivity index (χ3v) is 2.65. The smallest absolute Gasteiger partial charge is 0.136 e. The maximum atomic E-state index is 5.78. The number of rotatable bonds is 5. The largest absolute Gasteiger partial charge is 0.384 e. The lowest BCUT2D eigenvalue weighted by Gasteiger charge is -2.08. The molecule has 0 amide bonds. The molecule has 1 aromatic heterocycles. The Balaban J connectivity index is 2.15. The number of nitrogens with two attached hydrogens (primary N) is 1. The van der Waals surface area contributed by atoms with E-state index in [0.717, 1.165) is 5.69 Å². The summed E-state index contributed by atoms with van der Waals surface area (Å²) in [6.07, 6.45) is 0.643. The summed E-state index contributed by atoms with van der Waals surface area (Å²) in [5.74, 6) is 1.83. The topological polar surface area (TPSA) is 73.1 Å². The summed E-state index contributed by atoms with van der Waals surface area (Å²) in [4.78, 5) is 8.58.